The van der Waals surface area contributed by atoms with Crippen LogP contribution >= 0.6 is 0 Å². The molecule has 2 aromatic carbocycles. The van der Waals surface area contributed by atoms with Gasteiger partial charge in [-0.15, -0.1) is 0 Å². The molecule has 0 aliphatic carbocycles. The van der Waals surface area contributed by atoms with E-state index in [2.05, 4.69) is 0 Å². The molecule has 0 bridgehead atoms. The summed E-state index contributed by atoms with van der Waals surface area (Å²) in [5, 5.41) is 0. The first-order valence-electron chi connectivity index (χ1n) is 6.56. The lowest BCUT2D eigenvalue weighted by molar-refractivity contribution is 0.342. The normalized spacial score (nSPS) is 12.6. The summed E-state index contributed by atoms with van der Waals surface area (Å²) in [6.45, 7) is 2.14. The van der Waals surface area contributed by atoms with Crippen LogP contribution in [0.3, 0.4) is 0 Å². The van der Waals surface area contributed by atoms with E-state index < -0.39 is 0 Å². The van der Waals surface area contributed by atoms with Gasteiger partial charge in [0.25, 0.3) is 0 Å². The molecule has 2 N–H and O–H groups in total. The molecule has 3 heteroatoms. The number of nitrogens with two attached hydrogens (primary N) is 1. The first kappa shape index (κ1) is 14.3. The smallest absolute Gasteiger partial charge is 0.165 e. The molecule has 20 heavy (non-hydrogen) atoms. The maximum atomic E-state index is 13.8. The van der Waals surface area contributed by atoms with Crippen LogP contribution in [-0.4, -0.2) is 6.61 Å². The highest BCUT2D eigenvalue weighted by Crippen LogP contribution is 2.21. The molecule has 0 unspecified atom stereocenters. The van der Waals surface area contributed by atoms with E-state index in [-0.39, 0.29) is 17.6 Å². The van der Waals surface area contributed by atoms with E-state index in [1.165, 1.54) is 6.07 Å². The van der Waals surface area contributed by atoms with Gasteiger partial charge in [-0.1, -0.05) is 42.5 Å². The van der Waals surface area contributed by atoms with Gasteiger partial charge in [-0.25, -0.2) is 4.39 Å². The average molecular weight is 271 g/mol. The number of benzene rings is 2. The summed E-state index contributed by atoms with van der Waals surface area (Å²) in [4.78, 5) is 0. The number of ether oxygens (including phenoxy) is 1. The Balaban J connectivity index is 1.93. The summed E-state index contributed by atoms with van der Waals surface area (Å²) < 4.78 is 19.1. The highest BCUT2D eigenvalue weighted by molar-refractivity contribution is 5.48. The van der Waals surface area contributed by atoms with Gasteiger partial charge in [-0.2, -0.15) is 0 Å². The van der Waals surface area contributed by atoms with Gasteiger partial charge in [-0.3, -0.25) is 0 Å². The average Bonchev–Trinajstić information content (AvgIpc) is 2.46. The molecule has 2 rings (SSSR count). The van der Waals surface area contributed by atoms with E-state index in [0.717, 1.165) is 11.1 Å². The molecule has 0 amide bonds. The third-order valence-electron chi connectivity index (χ3n) is 2.93. The number of rotatable bonds is 5. The minimum Gasteiger partial charge on any atom is -0.486 e. The second-order valence-corrected chi connectivity index (χ2v) is 4.60. The Kier molecular flexibility index (Phi) is 4.91. The van der Waals surface area contributed by atoms with Crippen molar-refractivity contribution < 1.29 is 9.13 Å². The van der Waals surface area contributed by atoms with Gasteiger partial charge in [0.05, 0.1) is 0 Å². The topological polar surface area (TPSA) is 35.2 Å². The van der Waals surface area contributed by atoms with Crippen LogP contribution in [0.5, 0.6) is 5.75 Å². The van der Waals surface area contributed by atoms with E-state index >= 15 is 0 Å². The fourth-order valence-electron chi connectivity index (χ4n) is 1.80. The first-order chi connectivity index (χ1) is 9.66. The lowest BCUT2D eigenvalue weighted by Crippen LogP contribution is -2.05. The largest absolute Gasteiger partial charge is 0.486 e. The molecule has 0 aliphatic rings. The monoisotopic (exact) mass is 271 g/mol. The molecule has 1 atom stereocenters. The van der Waals surface area contributed by atoms with Gasteiger partial charge < -0.3 is 10.5 Å². The van der Waals surface area contributed by atoms with E-state index in [4.69, 9.17) is 10.5 Å². The third-order valence-corrected chi connectivity index (χ3v) is 2.93. The van der Waals surface area contributed by atoms with Gasteiger partial charge in [-0.05, 0) is 36.3 Å². The SMILES string of the molecule is C[C@@H](N)c1ccc(OC/C=C/c2ccccc2)c(F)c1. The van der Waals surface area contributed by atoms with Crippen molar-refractivity contribution in [3.63, 3.8) is 0 Å². The van der Waals surface area contributed by atoms with Crippen LogP contribution in [0.2, 0.25) is 0 Å². The number of hydrogen-bond donors (Lipinski definition) is 1. The zero-order valence-corrected chi connectivity index (χ0v) is 11.4. The first-order valence-corrected chi connectivity index (χ1v) is 6.56. The molecule has 0 heterocycles. The van der Waals surface area contributed by atoms with E-state index in [1.54, 1.807) is 12.1 Å². The predicted octanol–water partition coefficient (Wildman–Crippen LogP) is 3.94. The van der Waals surface area contributed by atoms with Crippen LogP contribution in [0.4, 0.5) is 4.39 Å². The van der Waals surface area contributed by atoms with Crippen molar-refractivity contribution in [2.24, 2.45) is 5.73 Å². The molecule has 104 valence electrons. The Morgan fingerprint density at radius 1 is 1.20 bits per heavy atom. The van der Waals surface area contributed by atoms with E-state index in [1.807, 2.05) is 49.4 Å². The zero-order chi connectivity index (χ0) is 14.4. The summed E-state index contributed by atoms with van der Waals surface area (Å²) in [7, 11) is 0. The van der Waals surface area contributed by atoms with Gasteiger partial charge in [0, 0.05) is 6.04 Å². The van der Waals surface area contributed by atoms with Crippen LogP contribution in [0, 0.1) is 5.82 Å². The molecule has 0 aromatic heterocycles. The Morgan fingerprint density at radius 2 is 1.95 bits per heavy atom. The quantitative estimate of drug-likeness (QED) is 0.894. The van der Waals surface area contributed by atoms with Crippen molar-refractivity contribution in [2.45, 2.75) is 13.0 Å². The highest BCUT2D eigenvalue weighted by atomic mass is 19.1. The van der Waals surface area contributed by atoms with Crippen molar-refractivity contribution in [1.29, 1.82) is 0 Å². The summed E-state index contributed by atoms with van der Waals surface area (Å²) in [6.07, 6.45) is 3.79. The fourth-order valence-corrected chi connectivity index (χ4v) is 1.80. The second kappa shape index (κ2) is 6.87. The number of halogens is 1. The van der Waals surface area contributed by atoms with Crippen molar-refractivity contribution >= 4 is 6.08 Å². The van der Waals surface area contributed by atoms with Crippen LogP contribution in [0.15, 0.2) is 54.6 Å². The Hall–Kier alpha value is -2.13. The minimum absolute atomic E-state index is 0.184. The standard InChI is InChI=1S/C17H18FNO/c1-13(19)15-9-10-17(16(18)12-15)20-11-5-8-14-6-3-2-4-7-14/h2-10,12-13H,11,19H2,1H3/b8-5+/t13-/m1/s1. The molecule has 0 aliphatic heterocycles. The zero-order valence-electron chi connectivity index (χ0n) is 11.4. The fraction of sp³-hybridized carbons (Fsp3) is 0.176. The van der Waals surface area contributed by atoms with Crippen molar-refractivity contribution in [1.82, 2.24) is 0 Å². The third kappa shape index (κ3) is 3.93. The maximum Gasteiger partial charge on any atom is 0.165 e. The summed E-state index contributed by atoms with van der Waals surface area (Å²) in [5.74, 6) is -0.139. The summed E-state index contributed by atoms with van der Waals surface area (Å²) >= 11 is 0. The van der Waals surface area contributed by atoms with Crippen molar-refractivity contribution in [3.05, 3.63) is 71.6 Å². The lowest BCUT2D eigenvalue weighted by atomic mass is 10.1. The van der Waals surface area contributed by atoms with E-state index in [9.17, 15) is 4.39 Å². The lowest BCUT2D eigenvalue weighted by Gasteiger charge is -2.09. The van der Waals surface area contributed by atoms with E-state index in [0.29, 0.717) is 6.61 Å². The van der Waals surface area contributed by atoms with Crippen LogP contribution in [-0.2, 0) is 0 Å². The summed E-state index contributed by atoms with van der Waals surface area (Å²) in [6, 6.07) is 14.5. The predicted molar refractivity (Wildman–Crippen MR) is 80.0 cm³/mol. The molecule has 0 saturated carbocycles. The van der Waals surface area contributed by atoms with Crippen LogP contribution in [0.25, 0.3) is 6.08 Å². The van der Waals surface area contributed by atoms with Crippen molar-refractivity contribution in [3.8, 4) is 5.75 Å². The molecular formula is C17H18FNO. The molecule has 0 fully saturated rings. The molecule has 0 saturated heterocycles. The minimum atomic E-state index is -0.382. The Labute approximate surface area is 118 Å². The van der Waals surface area contributed by atoms with Crippen molar-refractivity contribution in [2.75, 3.05) is 6.61 Å². The Bertz CT molecular complexity index is 579. The molecule has 0 spiro atoms. The number of hydrogen-bond acceptors (Lipinski definition) is 2. The van der Waals surface area contributed by atoms with Crippen LogP contribution < -0.4 is 10.5 Å². The molecule has 2 aromatic rings. The molecule has 0 radical (unpaired) electrons. The second-order valence-electron chi connectivity index (χ2n) is 4.60. The van der Waals surface area contributed by atoms with Gasteiger partial charge in [0.1, 0.15) is 6.61 Å². The highest BCUT2D eigenvalue weighted by Gasteiger charge is 2.06. The maximum absolute atomic E-state index is 13.8. The Morgan fingerprint density at radius 3 is 2.60 bits per heavy atom. The van der Waals surface area contributed by atoms with Gasteiger partial charge >= 0.3 is 0 Å². The molecular weight excluding hydrogens is 253 g/mol. The van der Waals surface area contributed by atoms with Gasteiger partial charge in [0.2, 0.25) is 0 Å². The molecule has 2 nitrogen and oxygen atoms in total. The van der Waals surface area contributed by atoms with Crippen LogP contribution in [0.1, 0.15) is 24.1 Å². The summed E-state index contributed by atoms with van der Waals surface area (Å²) in [5.41, 5.74) is 7.55. The van der Waals surface area contributed by atoms with Gasteiger partial charge in [0.15, 0.2) is 11.6 Å².